The molecule has 0 amide bonds. The summed E-state index contributed by atoms with van der Waals surface area (Å²) in [5.74, 6) is -1.66. The Kier molecular flexibility index (Phi) is 4.95. The van der Waals surface area contributed by atoms with Crippen molar-refractivity contribution in [3.05, 3.63) is 0 Å². The van der Waals surface area contributed by atoms with E-state index in [4.69, 9.17) is 14.2 Å². The van der Waals surface area contributed by atoms with Crippen molar-refractivity contribution in [3.63, 3.8) is 0 Å². The Labute approximate surface area is 79.2 Å². The third kappa shape index (κ3) is 2.97. The Balaban J connectivity index is 4.36. The lowest BCUT2D eigenvalue weighted by atomic mass is 10.0. The average molecular weight is 190 g/mol. The first-order valence-electron chi connectivity index (χ1n) is 4.28. The van der Waals surface area contributed by atoms with Crippen LogP contribution in [-0.2, 0) is 19.0 Å². The summed E-state index contributed by atoms with van der Waals surface area (Å²) < 4.78 is 15.0. The molecule has 0 aromatic carbocycles. The largest absolute Gasteiger partial charge is 0.466 e. The maximum absolute atomic E-state index is 11.3. The van der Waals surface area contributed by atoms with Crippen LogP contribution >= 0.6 is 0 Å². The average Bonchev–Trinajstić information content (AvgIpc) is 2.16. The van der Waals surface area contributed by atoms with E-state index in [9.17, 15) is 4.79 Å². The molecule has 1 unspecified atom stereocenters. The van der Waals surface area contributed by atoms with Crippen LogP contribution < -0.4 is 0 Å². The number of methoxy groups -OCH3 is 2. The standard InChI is InChI=1S/C9H18O4/c1-6-13-8(10)7(2)9(3,11-4)12-5/h7H,6H2,1-5H3. The highest BCUT2D eigenvalue weighted by Gasteiger charge is 2.37. The SMILES string of the molecule is CCOC(=O)C(C)C(C)(OC)OC. The first-order valence-corrected chi connectivity index (χ1v) is 4.28. The lowest BCUT2D eigenvalue weighted by Gasteiger charge is -2.30. The van der Waals surface area contributed by atoms with Gasteiger partial charge in [0.05, 0.1) is 6.61 Å². The van der Waals surface area contributed by atoms with Gasteiger partial charge in [0.15, 0.2) is 5.79 Å². The van der Waals surface area contributed by atoms with Gasteiger partial charge in [-0.1, -0.05) is 0 Å². The fraction of sp³-hybridized carbons (Fsp3) is 0.889. The van der Waals surface area contributed by atoms with Crippen LogP contribution in [0.25, 0.3) is 0 Å². The highest BCUT2D eigenvalue weighted by atomic mass is 16.7. The second-order valence-electron chi connectivity index (χ2n) is 2.90. The Hall–Kier alpha value is -0.610. The Bertz CT molecular complexity index is 163. The number of esters is 1. The summed E-state index contributed by atoms with van der Waals surface area (Å²) in [6.07, 6.45) is 0. The molecule has 0 N–H and O–H groups in total. The maximum Gasteiger partial charge on any atom is 0.314 e. The van der Waals surface area contributed by atoms with Gasteiger partial charge >= 0.3 is 5.97 Å². The molecule has 0 radical (unpaired) electrons. The zero-order valence-electron chi connectivity index (χ0n) is 8.92. The summed E-state index contributed by atoms with van der Waals surface area (Å²) in [4.78, 5) is 11.3. The third-order valence-electron chi connectivity index (χ3n) is 2.24. The van der Waals surface area contributed by atoms with E-state index in [1.807, 2.05) is 0 Å². The van der Waals surface area contributed by atoms with Crippen LogP contribution in [0.3, 0.4) is 0 Å². The molecule has 4 heteroatoms. The number of hydrogen-bond donors (Lipinski definition) is 0. The van der Waals surface area contributed by atoms with Gasteiger partial charge in [0.2, 0.25) is 0 Å². The van der Waals surface area contributed by atoms with E-state index in [0.29, 0.717) is 6.61 Å². The normalized spacial score (nSPS) is 13.9. The molecule has 0 spiro atoms. The molecule has 1 atom stereocenters. The van der Waals surface area contributed by atoms with Gasteiger partial charge in [0.1, 0.15) is 5.92 Å². The molecule has 0 fully saturated rings. The topological polar surface area (TPSA) is 44.8 Å². The quantitative estimate of drug-likeness (QED) is 0.482. The molecule has 0 bridgehead atoms. The van der Waals surface area contributed by atoms with Gasteiger partial charge in [0, 0.05) is 14.2 Å². The number of ether oxygens (including phenoxy) is 3. The van der Waals surface area contributed by atoms with E-state index in [1.54, 1.807) is 20.8 Å². The van der Waals surface area contributed by atoms with E-state index in [2.05, 4.69) is 0 Å². The van der Waals surface area contributed by atoms with Crippen molar-refractivity contribution < 1.29 is 19.0 Å². The van der Waals surface area contributed by atoms with Gasteiger partial charge in [-0.2, -0.15) is 0 Å². The van der Waals surface area contributed by atoms with Crippen molar-refractivity contribution in [2.45, 2.75) is 26.6 Å². The molecule has 0 aliphatic heterocycles. The minimum absolute atomic E-state index is 0.311. The molecule has 0 aliphatic carbocycles. The first-order chi connectivity index (χ1) is 6.01. The fourth-order valence-electron chi connectivity index (χ4n) is 0.918. The molecule has 0 aromatic rings. The Morgan fingerprint density at radius 3 is 2.15 bits per heavy atom. The molecule has 78 valence electrons. The Morgan fingerprint density at radius 1 is 1.38 bits per heavy atom. The first kappa shape index (κ1) is 12.4. The van der Waals surface area contributed by atoms with Gasteiger partial charge in [-0.25, -0.2) is 0 Å². The molecule has 0 saturated heterocycles. The summed E-state index contributed by atoms with van der Waals surface area (Å²) in [6, 6.07) is 0. The molecule has 0 saturated carbocycles. The van der Waals surface area contributed by atoms with Gasteiger partial charge in [-0.15, -0.1) is 0 Å². The lowest BCUT2D eigenvalue weighted by Crippen LogP contribution is -2.42. The number of rotatable bonds is 5. The summed E-state index contributed by atoms with van der Waals surface area (Å²) in [6.45, 7) is 5.55. The highest BCUT2D eigenvalue weighted by Crippen LogP contribution is 2.22. The van der Waals surface area contributed by atoms with E-state index < -0.39 is 11.7 Å². The third-order valence-corrected chi connectivity index (χ3v) is 2.24. The van der Waals surface area contributed by atoms with Gasteiger partial charge < -0.3 is 14.2 Å². The summed E-state index contributed by atoms with van der Waals surface area (Å²) >= 11 is 0. The minimum atomic E-state index is -0.910. The predicted octanol–water partition coefficient (Wildman–Crippen LogP) is 1.19. The van der Waals surface area contributed by atoms with E-state index in [0.717, 1.165) is 0 Å². The number of carbonyl (C=O) groups excluding carboxylic acids is 1. The van der Waals surface area contributed by atoms with Crippen molar-refractivity contribution in [2.24, 2.45) is 5.92 Å². The molecule has 0 aliphatic rings. The second kappa shape index (κ2) is 5.19. The molecular weight excluding hydrogens is 172 g/mol. The van der Waals surface area contributed by atoms with Crippen LogP contribution in [0, 0.1) is 5.92 Å². The summed E-state index contributed by atoms with van der Waals surface area (Å²) in [5.41, 5.74) is 0. The number of hydrogen-bond acceptors (Lipinski definition) is 4. The van der Waals surface area contributed by atoms with E-state index >= 15 is 0 Å². The highest BCUT2D eigenvalue weighted by molar-refractivity contribution is 5.73. The predicted molar refractivity (Wildman–Crippen MR) is 48.2 cm³/mol. The molecule has 0 heterocycles. The van der Waals surface area contributed by atoms with E-state index in [1.165, 1.54) is 14.2 Å². The van der Waals surface area contributed by atoms with Crippen molar-refractivity contribution in [3.8, 4) is 0 Å². The van der Waals surface area contributed by atoms with Crippen LogP contribution in [0.5, 0.6) is 0 Å². The fourth-order valence-corrected chi connectivity index (χ4v) is 0.918. The smallest absolute Gasteiger partial charge is 0.314 e. The van der Waals surface area contributed by atoms with Crippen LogP contribution in [-0.4, -0.2) is 32.6 Å². The van der Waals surface area contributed by atoms with Crippen molar-refractivity contribution >= 4 is 5.97 Å². The minimum Gasteiger partial charge on any atom is -0.466 e. The lowest BCUT2D eigenvalue weighted by molar-refractivity contribution is -0.229. The maximum atomic E-state index is 11.3. The summed E-state index contributed by atoms with van der Waals surface area (Å²) in [7, 11) is 3.00. The van der Waals surface area contributed by atoms with Crippen LogP contribution in [0.15, 0.2) is 0 Å². The molecule has 0 rings (SSSR count). The van der Waals surface area contributed by atoms with Crippen LogP contribution in [0.2, 0.25) is 0 Å². The molecule has 13 heavy (non-hydrogen) atoms. The van der Waals surface area contributed by atoms with E-state index in [-0.39, 0.29) is 5.97 Å². The van der Waals surface area contributed by atoms with Gasteiger partial charge in [-0.05, 0) is 20.8 Å². The molecule has 0 aromatic heterocycles. The number of carbonyl (C=O) groups is 1. The monoisotopic (exact) mass is 190 g/mol. The molecule has 4 nitrogen and oxygen atoms in total. The van der Waals surface area contributed by atoms with Crippen molar-refractivity contribution in [2.75, 3.05) is 20.8 Å². The zero-order valence-corrected chi connectivity index (χ0v) is 8.92. The van der Waals surface area contributed by atoms with Crippen molar-refractivity contribution in [1.82, 2.24) is 0 Å². The summed E-state index contributed by atoms with van der Waals surface area (Å²) in [5, 5.41) is 0. The van der Waals surface area contributed by atoms with Crippen LogP contribution in [0.1, 0.15) is 20.8 Å². The zero-order chi connectivity index (χ0) is 10.5. The van der Waals surface area contributed by atoms with Gasteiger partial charge in [-0.3, -0.25) is 4.79 Å². The second-order valence-corrected chi connectivity index (χ2v) is 2.90. The van der Waals surface area contributed by atoms with Crippen molar-refractivity contribution in [1.29, 1.82) is 0 Å². The Morgan fingerprint density at radius 2 is 1.85 bits per heavy atom. The molecular formula is C9H18O4. The van der Waals surface area contributed by atoms with Crippen LogP contribution in [0.4, 0.5) is 0 Å². The van der Waals surface area contributed by atoms with Gasteiger partial charge in [0.25, 0.3) is 0 Å².